The third kappa shape index (κ3) is 7.24. The van der Waals surface area contributed by atoms with Crippen LogP contribution >= 0.6 is 34.5 Å². The zero-order chi connectivity index (χ0) is 29.5. The molecule has 2 amide bonds. The Morgan fingerprint density at radius 2 is 1.78 bits per heavy atom. The Morgan fingerprint density at radius 1 is 1.00 bits per heavy atom. The Hall–Kier alpha value is -3.93. The molecule has 0 spiro atoms. The average molecular weight is 618 g/mol. The number of methoxy groups -OCH3 is 1. The molecule has 1 aliphatic rings. The first-order valence-electron chi connectivity index (χ1n) is 12.5. The van der Waals surface area contributed by atoms with Gasteiger partial charge in [0.05, 0.1) is 36.1 Å². The lowest BCUT2D eigenvalue weighted by Crippen LogP contribution is -2.32. The summed E-state index contributed by atoms with van der Waals surface area (Å²) in [6, 6.07) is 8.95. The summed E-state index contributed by atoms with van der Waals surface area (Å²) in [4.78, 5) is 51.1. The van der Waals surface area contributed by atoms with Gasteiger partial charge in [-0.1, -0.05) is 23.2 Å². The number of benzene rings is 2. The first-order chi connectivity index (χ1) is 19.7. The summed E-state index contributed by atoms with van der Waals surface area (Å²) in [7, 11) is 1.39. The fourth-order valence-electron chi connectivity index (χ4n) is 4.11. The molecule has 10 nitrogen and oxygen atoms in total. The van der Waals surface area contributed by atoms with Crippen molar-refractivity contribution in [3.63, 3.8) is 0 Å². The monoisotopic (exact) mass is 617 g/mol. The van der Waals surface area contributed by atoms with Crippen molar-refractivity contribution in [2.75, 3.05) is 19.0 Å². The van der Waals surface area contributed by atoms with Crippen LogP contribution in [0.2, 0.25) is 10.0 Å². The summed E-state index contributed by atoms with van der Waals surface area (Å²) in [5.41, 5.74) is 3.94. The number of esters is 2. The van der Waals surface area contributed by atoms with E-state index >= 15 is 0 Å². The Kier molecular flexibility index (Phi) is 9.98. The Balaban J connectivity index is 1.40. The molecular formula is C28H25Cl2N3O7S. The number of aryl methyl sites for hydroxylation is 1. The number of nitrogens with one attached hydrogen (secondary N) is 2. The molecule has 1 aromatic heterocycles. The molecule has 0 radical (unpaired) electrons. The van der Waals surface area contributed by atoms with E-state index in [0.29, 0.717) is 22.6 Å². The highest BCUT2D eigenvalue weighted by molar-refractivity contribution is 7.17. The molecule has 0 unspecified atom stereocenters. The lowest BCUT2D eigenvalue weighted by molar-refractivity contribution is -0.136. The maximum absolute atomic E-state index is 12.6. The number of halogens is 2. The molecule has 2 aromatic carbocycles. The second-order valence-electron chi connectivity index (χ2n) is 8.71. The highest BCUT2D eigenvalue weighted by atomic mass is 35.5. The van der Waals surface area contributed by atoms with Gasteiger partial charge in [-0.15, -0.1) is 11.3 Å². The highest BCUT2D eigenvalue weighted by Crippen LogP contribution is 2.38. The van der Waals surface area contributed by atoms with E-state index in [-0.39, 0.29) is 33.7 Å². The SMILES string of the molecule is CCOC(=O)c1c(NC(=O)C(=O)N/N=C\c2ccc(OC(=O)c3ccc(Cl)cc3Cl)c(OC)c2)sc2c1CCCC2. The van der Waals surface area contributed by atoms with Gasteiger partial charge in [0.15, 0.2) is 11.5 Å². The van der Waals surface area contributed by atoms with Gasteiger partial charge >= 0.3 is 23.8 Å². The Morgan fingerprint density at radius 3 is 2.51 bits per heavy atom. The summed E-state index contributed by atoms with van der Waals surface area (Å²) in [6.07, 6.45) is 4.72. The van der Waals surface area contributed by atoms with E-state index in [2.05, 4.69) is 15.8 Å². The summed E-state index contributed by atoms with van der Waals surface area (Å²) >= 11 is 13.2. The van der Waals surface area contributed by atoms with E-state index in [9.17, 15) is 19.2 Å². The molecule has 1 heterocycles. The van der Waals surface area contributed by atoms with Crippen molar-refractivity contribution in [1.29, 1.82) is 0 Å². The molecule has 2 N–H and O–H groups in total. The number of nitrogens with zero attached hydrogens (tertiary/aromatic N) is 1. The van der Waals surface area contributed by atoms with Crippen LogP contribution in [0, 0.1) is 0 Å². The lowest BCUT2D eigenvalue weighted by atomic mass is 9.95. The number of rotatable bonds is 8. The zero-order valence-electron chi connectivity index (χ0n) is 22.0. The number of hydrogen-bond donors (Lipinski definition) is 2. The van der Waals surface area contributed by atoms with Crippen LogP contribution in [-0.2, 0) is 27.2 Å². The van der Waals surface area contributed by atoms with Crippen LogP contribution in [0.25, 0.3) is 0 Å². The van der Waals surface area contributed by atoms with Crippen LogP contribution in [-0.4, -0.2) is 43.7 Å². The molecule has 13 heteroatoms. The second kappa shape index (κ2) is 13.6. The van der Waals surface area contributed by atoms with E-state index in [0.717, 1.165) is 29.7 Å². The van der Waals surface area contributed by atoms with Gasteiger partial charge in [0.25, 0.3) is 0 Å². The van der Waals surface area contributed by atoms with Crippen molar-refractivity contribution in [1.82, 2.24) is 5.43 Å². The molecule has 0 saturated carbocycles. The van der Waals surface area contributed by atoms with Crippen molar-refractivity contribution in [2.24, 2.45) is 5.10 Å². The number of ether oxygens (including phenoxy) is 3. The number of hydrazone groups is 1. The molecule has 1 aliphatic carbocycles. The fourth-order valence-corrected chi connectivity index (χ4v) is 5.87. The predicted molar refractivity (Wildman–Crippen MR) is 156 cm³/mol. The van der Waals surface area contributed by atoms with Crippen LogP contribution in [0.4, 0.5) is 5.00 Å². The van der Waals surface area contributed by atoms with Gasteiger partial charge in [0.1, 0.15) is 5.00 Å². The molecule has 3 aromatic rings. The Bertz CT molecular complexity index is 1540. The molecule has 0 saturated heterocycles. The second-order valence-corrected chi connectivity index (χ2v) is 10.7. The van der Waals surface area contributed by atoms with Gasteiger partial charge < -0.3 is 19.5 Å². The van der Waals surface area contributed by atoms with Gasteiger partial charge in [0, 0.05) is 9.90 Å². The fraction of sp³-hybridized carbons (Fsp3) is 0.250. The largest absolute Gasteiger partial charge is 0.493 e. The van der Waals surface area contributed by atoms with Crippen molar-refractivity contribution >= 4 is 69.5 Å². The number of carbonyl (C=O) groups excluding carboxylic acids is 4. The maximum Gasteiger partial charge on any atom is 0.345 e. The number of hydrogen-bond acceptors (Lipinski definition) is 9. The molecule has 4 rings (SSSR count). The van der Waals surface area contributed by atoms with Gasteiger partial charge in [-0.25, -0.2) is 15.0 Å². The standard InChI is InChI=1S/C28H25Cl2N3O7S/c1-3-39-28(37)23-18-6-4-5-7-22(18)41-26(23)32-24(34)25(35)33-31-14-15-8-11-20(21(12-15)38-2)40-27(36)17-10-9-16(29)13-19(17)30/h8-14H,3-7H2,1-2H3,(H,32,34)(H,33,35)/b31-14-. The molecule has 0 atom stereocenters. The van der Waals surface area contributed by atoms with E-state index in [1.807, 2.05) is 0 Å². The number of carbonyl (C=O) groups is 4. The minimum Gasteiger partial charge on any atom is -0.493 e. The van der Waals surface area contributed by atoms with E-state index in [1.54, 1.807) is 13.0 Å². The number of thiophene rings is 1. The number of anilines is 1. The normalized spacial score (nSPS) is 12.4. The van der Waals surface area contributed by atoms with Crippen molar-refractivity contribution < 1.29 is 33.4 Å². The molecule has 0 bridgehead atoms. The van der Waals surface area contributed by atoms with E-state index in [4.69, 9.17) is 37.4 Å². The van der Waals surface area contributed by atoms with E-state index < -0.39 is 23.8 Å². The van der Waals surface area contributed by atoms with Crippen LogP contribution in [0.1, 0.15) is 56.5 Å². The van der Waals surface area contributed by atoms with Gasteiger partial charge in [-0.05, 0) is 80.1 Å². The number of amides is 2. The van der Waals surface area contributed by atoms with Crippen LogP contribution in [0.3, 0.4) is 0 Å². The third-order valence-corrected chi connectivity index (χ3v) is 7.76. The van der Waals surface area contributed by atoms with E-state index in [1.165, 1.54) is 55.0 Å². The van der Waals surface area contributed by atoms with Crippen LogP contribution in [0.5, 0.6) is 11.5 Å². The van der Waals surface area contributed by atoms with Crippen molar-refractivity contribution in [3.8, 4) is 11.5 Å². The molecular weight excluding hydrogens is 593 g/mol. The summed E-state index contributed by atoms with van der Waals surface area (Å²) in [6.45, 7) is 1.89. The molecule has 41 heavy (non-hydrogen) atoms. The number of fused-ring (bicyclic) bond motifs is 1. The maximum atomic E-state index is 12.6. The summed E-state index contributed by atoms with van der Waals surface area (Å²) < 4.78 is 15.9. The van der Waals surface area contributed by atoms with Crippen LogP contribution in [0.15, 0.2) is 41.5 Å². The van der Waals surface area contributed by atoms with Gasteiger partial charge in [0.2, 0.25) is 0 Å². The zero-order valence-corrected chi connectivity index (χ0v) is 24.4. The smallest absolute Gasteiger partial charge is 0.345 e. The minimum atomic E-state index is -1.03. The van der Waals surface area contributed by atoms with Gasteiger partial charge in [-0.2, -0.15) is 5.10 Å². The van der Waals surface area contributed by atoms with Crippen molar-refractivity contribution in [2.45, 2.75) is 32.6 Å². The summed E-state index contributed by atoms with van der Waals surface area (Å²) in [5, 5.41) is 7.16. The van der Waals surface area contributed by atoms with Crippen LogP contribution < -0.4 is 20.2 Å². The van der Waals surface area contributed by atoms with Gasteiger partial charge in [-0.3, -0.25) is 9.59 Å². The minimum absolute atomic E-state index is 0.125. The average Bonchev–Trinajstić information content (AvgIpc) is 3.31. The Labute approximate surface area is 249 Å². The third-order valence-electron chi connectivity index (χ3n) is 6.01. The van der Waals surface area contributed by atoms with Crippen molar-refractivity contribution in [3.05, 3.63) is 73.6 Å². The molecule has 0 aliphatic heterocycles. The first kappa shape index (κ1) is 30.0. The lowest BCUT2D eigenvalue weighted by Gasteiger charge is -2.12. The summed E-state index contributed by atoms with van der Waals surface area (Å²) in [5.74, 6) is -2.90. The highest BCUT2D eigenvalue weighted by Gasteiger charge is 2.28. The first-order valence-corrected chi connectivity index (χ1v) is 14.1. The quantitative estimate of drug-likeness (QED) is 0.113. The topological polar surface area (TPSA) is 132 Å². The predicted octanol–water partition coefficient (Wildman–Crippen LogP) is 5.43. The molecule has 0 fully saturated rings. The molecule has 214 valence electrons.